The van der Waals surface area contributed by atoms with E-state index in [-0.39, 0.29) is 31.5 Å². The molecule has 0 bridgehead atoms. The molecule has 1 aliphatic heterocycles. The molecule has 254 valence electrons. The standard InChI is InChI=1S/C39H43F2N3O3.ClH/c40-35-18-17-32(36(41)26-35)25-30-19-23-44(24-20-30)22-10-21-39(33-13-6-2-7-14-33,34-15-8-3-9-16-34)29-43-37(45)27-42-38(46)47-28-31-11-4-1-5-12-31;/h1-9,11-18,26,30H,10,19-25,27-29H2,(H,42,46)(H,43,45);1H. The number of benzene rings is 4. The van der Waals surface area contributed by atoms with E-state index in [0.29, 0.717) is 24.4 Å². The molecule has 4 aromatic carbocycles. The maximum Gasteiger partial charge on any atom is 0.407 e. The van der Waals surface area contributed by atoms with Crippen LogP contribution in [-0.2, 0) is 28.0 Å². The molecule has 1 fully saturated rings. The molecule has 2 amide bonds. The van der Waals surface area contributed by atoms with Crippen molar-refractivity contribution in [2.24, 2.45) is 5.92 Å². The maximum absolute atomic E-state index is 14.2. The number of piperidine rings is 1. The van der Waals surface area contributed by atoms with Crippen LogP contribution in [0.15, 0.2) is 109 Å². The number of hydrogen-bond acceptors (Lipinski definition) is 4. The van der Waals surface area contributed by atoms with Crippen molar-refractivity contribution in [3.8, 4) is 0 Å². The fraction of sp³-hybridized carbons (Fsp3) is 0.333. The van der Waals surface area contributed by atoms with E-state index >= 15 is 0 Å². The number of alkyl carbamates (subject to hydrolysis) is 1. The first-order chi connectivity index (χ1) is 22.9. The molecule has 1 saturated heterocycles. The summed E-state index contributed by atoms with van der Waals surface area (Å²) in [4.78, 5) is 27.7. The zero-order valence-electron chi connectivity index (χ0n) is 27.1. The van der Waals surface area contributed by atoms with Crippen LogP contribution < -0.4 is 10.6 Å². The fourth-order valence-corrected chi connectivity index (χ4v) is 6.52. The third-order valence-electron chi connectivity index (χ3n) is 9.15. The molecular weight excluding hydrogens is 632 g/mol. The van der Waals surface area contributed by atoms with Crippen LogP contribution in [0.3, 0.4) is 0 Å². The average molecular weight is 676 g/mol. The van der Waals surface area contributed by atoms with E-state index < -0.39 is 23.1 Å². The van der Waals surface area contributed by atoms with E-state index in [1.807, 2.05) is 66.7 Å². The molecule has 1 aliphatic rings. The molecule has 0 radical (unpaired) electrons. The average Bonchev–Trinajstić information content (AvgIpc) is 3.11. The van der Waals surface area contributed by atoms with Crippen molar-refractivity contribution in [1.29, 1.82) is 0 Å². The Hall–Kier alpha value is -4.27. The molecule has 0 spiro atoms. The number of halogens is 3. The van der Waals surface area contributed by atoms with Gasteiger partial charge in [0.25, 0.3) is 0 Å². The van der Waals surface area contributed by atoms with Crippen LogP contribution in [0, 0.1) is 17.6 Å². The van der Waals surface area contributed by atoms with Crippen LogP contribution in [0.25, 0.3) is 0 Å². The number of amides is 2. The molecule has 0 aromatic heterocycles. The summed E-state index contributed by atoms with van der Waals surface area (Å²) in [6.45, 7) is 3.07. The topological polar surface area (TPSA) is 70.7 Å². The van der Waals surface area contributed by atoms with E-state index in [1.165, 1.54) is 6.07 Å². The first-order valence-electron chi connectivity index (χ1n) is 16.4. The zero-order chi connectivity index (χ0) is 32.9. The third-order valence-corrected chi connectivity index (χ3v) is 9.15. The molecule has 2 N–H and O–H groups in total. The lowest BCUT2D eigenvalue weighted by molar-refractivity contribution is -0.120. The summed E-state index contributed by atoms with van der Waals surface area (Å²) in [7, 11) is 0. The van der Waals surface area contributed by atoms with Gasteiger partial charge in [0.15, 0.2) is 0 Å². The number of nitrogens with one attached hydrogen (secondary N) is 2. The van der Waals surface area contributed by atoms with Gasteiger partial charge in [0.05, 0.1) is 6.54 Å². The van der Waals surface area contributed by atoms with E-state index in [2.05, 4.69) is 39.8 Å². The van der Waals surface area contributed by atoms with Crippen LogP contribution in [-0.4, -0.2) is 49.6 Å². The van der Waals surface area contributed by atoms with Crippen LogP contribution in [0.5, 0.6) is 0 Å². The van der Waals surface area contributed by atoms with Gasteiger partial charge >= 0.3 is 6.09 Å². The lowest BCUT2D eigenvalue weighted by Gasteiger charge is -2.37. The molecule has 4 aromatic rings. The van der Waals surface area contributed by atoms with E-state index in [1.54, 1.807) is 6.07 Å². The first-order valence-corrected chi connectivity index (χ1v) is 16.4. The minimum Gasteiger partial charge on any atom is -0.445 e. The predicted molar refractivity (Wildman–Crippen MR) is 187 cm³/mol. The molecule has 6 nitrogen and oxygen atoms in total. The van der Waals surface area contributed by atoms with Crippen molar-refractivity contribution < 1.29 is 23.1 Å². The summed E-state index contributed by atoms with van der Waals surface area (Å²) in [5, 5.41) is 5.66. The second-order valence-corrected chi connectivity index (χ2v) is 12.3. The van der Waals surface area contributed by atoms with Crippen molar-refractivity contribution in [3.05, 3.63) is 143 Å². The van der Waals surface area contributed by atoms with Crippen molar-refractivity contribution in [2.75, 3.05) is 32.7 Å². The summed E-state index contributed by atoms with van der Waals surface area (Å²) in [6, 6.07) is 33.8. The van der Waals surface area contributed by atoms with Crippen LogP contribution >= 0.6 is 12.4 Å². The summed E-state index contributed by atoms with van der Waals surface area (Å²) in [5.74, 6) is -0.925. The third kappa shape index (κ3) is 10.4. The lowest BCUT2D eigenvalue weighted by atomic mass is 9.71. The zero-order valence-corrected chi connectivity index (χ0v) is 27.9. The first kappa shape index (κ1) is 36.6. The summed E-state index contributed by atoms with van der Waals surface area (Å²) in [5.41, 5.74) is 3.20. The summed E-state index contributed by atoms with van der Waals surface area (Å²) in [6.07, 6.45) is 3.62. The van der Waals surface area contributed by atoms with Crippen molar-refractivity contribution in [1.82, 2.24) is 15.5 Å². The Bertz CT molecular complexity index is 1530. The van der Waals surface area contributed by atoms with Gasteiger partial charge in [0, 0.05) is 18.0 Å². The summed E-state index contributed by atoms with van der Waals surface area (Å²) < 4.78 is 32.8. The van der Waals surface area contributed by atoms with Gasteiger partial charge < -0.3 is 20.3 Å². The second-order valence-electron chi connectivity index (χ2n) is 12.3. The Morgan fingerprint density at radius 1 is 0.812 bits per heavy atom. The number of carbonyl (C=O) groups excluding carboxylic acids is 2. The van der Waals surface area contributed by atoms with Gasteiger partial charge in [-0.3, -0.25) is 4.79 Å². The highest BCUT2D eigenvalue weighted by Crippen LogP contribution is 2.37. The van der Waals surface area contributed by atoms with Crippen LogP contribution in [0.2, 0.25) is 0 Å². The normalized spacial score (nSPS) is 13.7. The number of likely N-dealkylation sites (tertiary alicyclic amines) is 1. The lowest BCUT2D eigenvalue weighted by Crippen LogP contribution is -2.45. The van der Waals surface area contributed by atoms with Gasteiger partial charge in [-0.1, -0.05) is 97.1 Å². The largest absolute Gasteiger partial charge is 0.445 e. The number of nitrogens with zero attached hydrogens (tertiary/aromatic N) is 1. The molecule has 0 saturated carbocycles. The molecule has 0 atom stereocenters. The monoisotopic (exact) mass is 675 g/mol. The highest BCUT2D eigenvalue weighted by atomic mass is 35.5. The Kier molecular flexibility index (Phi) is 14.0. The highest BCUT2D eigenvalue weighted by molar-refractivity contribution is 5.85. The fourth-order valence-electron chi connectivity index (χ4n) is 6.52. The Morgan fingerprint density at radius 2 is 1.42 bits per heavy atom. The molecule has 48 heavy (non-hydrogen) atoms. The SMILES string of the molecule is Cl.O=C(CNC(=O)OCc1ccccc1)NCC(CCCN1CCC(Cc2ccc(F)cc2F)CC1)(c1ccccc1)c1ccccc1. The van der Waals surface area contributed by atoms with Crippen molar-refractivity contribution in [3.63, 3.8) is 0 Å². The van der Waals surface area contributed by atoms with Crippen LogP contribution in [0.4, 0.5) is 13.6 Å². The minimum absolute atomic E-state index is 0. The number of hydrogen-bond donors (Lipinski definition) is 2. The highest BCUT2D eigenvalue weighted by Gasteiger charge is 2.34. The van der Waals surface area contributed by atoms with Gasteiger partial charge in [0.2, 0.25) is 5.91 Å². The Morgan fingerprint density at radius 3 is 2.02 bits per heavy atom. The van der Waals surface area contributed by atoms with Gasteiger partial charge in [-0.25, -0.2) is 13.6 Å². The predicted octanol–water partition coefficient (Wildman–Crippen LogP) is 7.45. The molecule has 0 unspecified atom stereocenters. The molecule has 9 heteroatoms. The van der Waals surface area contributed by atoms with Gasteiger partial charge in [-0.05, 0) is 86.0 Å². The smallest absolute Gasteiger partial charge is 0.407 e. The van der Waals surface area contributed by atoms with Gasteiger partial charge in [-0.2, -0.15) is 0 Å². The summed E-state index contributed by atoms with van der Waals surface area (Å²) >= 11 is 0. The van der Waals surface area contributed by atoms with Gasteiger partial charge in [0.1, 0.15) is 18.2 Å². The number of carbonyl (C=O) groups is 2. The van der Waals surface area contributed by atoms with E-state index in [4.69, 9.17) is 4.74 Å². The Balaban J connectivity index is 0.00000520. The molecular formula is C39H44ClF2N3O3. The number of ether oxygens (including phenoxy) is 1. The molecule has 0 aliphatic carbocycles. The maximum atomic E-state index is 14.2. The van der Waals surface area contributed by atoms with Crippen LogP contribution in [0.1, 0.15) is 47.9 Å². The van der Waals surface area contributed by atoms with Crippen molar-refractivity contribution in [2.45, 2.75) is 44.1 Å². The van der Waals surface area contributed by atoms with Gasteiger partial charge in [-0.15, -0.1) is 12.4 Å². The molecule has 1 heterocycles. The van der Waals surface area contributed by atoms with Crippen molar-refractivity contribution >= 4 is 24.4 Å². The molecule has 5 rings (SSSR count). The quantitative estimate of drug-likeness (QED) is 0.146. The Labute approximate surface area is 288 Å². The van der Waals surface area contributed by atoms with E-state index in [9.17, 15) is 18.4 Å². The number of rotatable bonds is 14. The minimum atomic E-state index is -0.645. The van der Waals surface area contributed by atoms with E-state index in [0.717, 1.165) is 68.1 Å². The second kappa shape index (κ2) is 18.3.